The Labute approximate surface area is 112 Å². The Morgan fingerprint density at radius 1 is 1.47 bits per heavy atom. The predicted molar refractivity (Wildman–Crippen MR) is 68.9 cm³/mol. The maximum Gasteiger partial charge on any atom is 0.305 e. The van der Waals surface area contributed by atoms with E-state index in [2.05, 4.69) is 12.2 Å². The summed E-state index contributed by atoms with van der Waals surface area (Å²) in [6.45, 7) is 3.90. The van der Waals surface area contributed by atoms with Crippen molar-refractivity contribution in [3.8, 4) is 6.07 Å². The largest absolute Gasteiger partial charge is 0.481 e. The third-order valence-corrected chi connectivity index (χ3v) is 3.12. The van der Waals surface area contributed by atoms with Gasteiger partial charge in [-0.2, -0.15) is 5.26 Å². The molecule has 0 aromatic heterocycles. The number of hydrogen-bond donors (Lipinski definition) is 2. The summed E-state index contributed by atoms with van der Waals surface area (Å²) in [6.07, 6.45) is 3.53. The van der Waals surface area contributed by atoms with Gasteiger partial charge in [0.25, 0.3) is 5.91 Å². The minimum absolute atomic E-state index is 0.0277. The molecule has 1 aliphatic rings. The molecule has 1 rings (SSSR count). The van der Waals surface area contributed by atoms with Crippen LogP contribution in [0.5, 0.6) is 0 Å². The minimum atomic E-state index is -0.979. The van der Waals surface area contributed by atoms with Crippen LogP contribution >= 0.6 is 0 Å². The van der Waals surface area contributed by atoms with E-state index in [4.69, 9.17) is 10.4 Å². The van der Waals surface area contributed by atoms with E-state index in [0.29, 0.717) is 5.92 Å². The topological polar surface area (TPSA) is 93.4 Å². The highest BCUT2D eigenvalue weighted by Gasteiger charge is 2.16. The van der Waals surface area contributed by atoms with Crippen LogP contribution in [0, 0.1) is 17.2 Å². The highest BCUT2D eigenvalue weighted by Crippen LogP contribution is 2.16. The van der Waals surface area contributed by atoms with E-state index in [0.717, 1.165) is 25.9 Å². The zero-order chi connectivity index (χ0) is 14.3. The summed E-state index contributed by atoms with van der Waals surface area (Å²) in [5.41, 5.74) is 0.0277. The lowest BCUT2D eigenvalue weighted by atomic mass is 9.99. The molecule has 19 heavy (non-hydrogen) atoms. The lowest BCUT2D eigenvalue weighted by Gasteiger charge is -2.29. The number of nitrogens with zero attached hydrogens (tertiary/aromatic N) is 2. The third-order valence-electron chi connectivity index (χ3n) is 3.12. The van der Waals surface area contributed by atoms with Crippen LogP contribution in [0.3, 0.4) is 0 Å². The SMILES string of the molecule is CC1CCN(/C=C(/C#N)C(=O)NCCC(=O)O)CC1. The summed E-state index contributed by atoms with van der Waals surface area (Å²) < 4.78 is 0. The smallest absolute Gasteiger partial charge is 0.305 e. The number of aliphatic carboxylic acids is 1. The number of hydrogen-bond acceptors (Lipinski definition) is 4. The van der Waals surface area contributed by atoms with Crippen LogP contribution in [0.15, 0.2) is 11.8 Å². The zero-order valence-corrected chi connectivity index (χ0v) is 11.1. The summed E-state index contributed by atoms with van der Waals surface area (Å²) in [7, 11) is 0. The van der Waals surface area contributed by atoms with E-state index >= 15 is 0 Å². The molecule has 6 nitrogen and oxygen atoms in total. The molecule has 0 unspecified atom stereocenters. The number of nitrogens with one attached hydrogen (secondary N) is 1. The molecule has 104 valence electrons. The first-order valence-electron chi connectivity index (χ1n) is 6.39. The number of piperidine rings is 1. The van der Waals surface area contributed by atoms with Crippen LogP contribution in [-0.2, 0) is 9.59 Å². The molecule has 1 saturated heterocycles. The summed E-state index contributed by atoms with van der Waals surface area (Å²) >= 11 is 0. The minimum Gasteiger partial charge on any atom is -0.481 e. The number of carbonyl (C=O) groups is 2. The average Bonchev–Trinajstić information content (AvgIpc) is 2.37. The maximum absolute atomic E-state index is 11.7. The van der Waals surface area contributed by atoms with E-state index in [1.54, 1.807) is 6.20 Å². The molecule has 1 amide bonds. The van der Waals surface area contributed by atoms with Gasteiger partial charge in [-0.3, -0.25) is 9.59 Å². The van der Waals surface area contributed by atoms with Crippen LogP contribution < -0.4 is 5.32 Å². The van der Waals surface area contributed by atoms with Gasteiger partial charge in [0.2, 0.25) is 0 Å². The fourth-order valence-electron chi connectivity index (χ4n) is 1.86. The van der Waals surface area contributed by atoms with Crippen molar-refractivity contribution < 1.29 is 14.7 Å². The van der Waals surface area contributed by atoms with Gasteiger partial charge in [-0.1, -0.05) is 6.92 Å². The van der Waals surface area contributed by atoms with Gasteiger partial charge in [-0.15, -0.1) is 0 Å². The van der Waals surface area contributed by atoms with Crippen molar-refractivity contribution in [1.82, 2.24) is 10.2 Å². The number of likely N-dealkylation sites (tertiary alicyclic amines) is 1. The maximum atomic E-state index is 11.7. The molecule has 0 spiro atoms. The van der Waals surface area contributed by atoms with Gasteiger partial charge in [0.1, 0.15) is 11.6 Å². The van der Waals surface area contributed by atoms with Crippen molar-refractivity contribution in [2.45, 2.75) is 26.2 Å². The van der Waals surface area contributed by atoms with E-state index in [1.165, 1.54) is 0 Å². The fraction of sp³-hybridized carbons (Fsp3) is 0.615. The van der Waals surface area contributed by atoms with Gasteiger partial charge in [-0.25, -0.2) is 0 Å². The van der Waals surface area contributed by atoms with E-state index in [9.17, 15) is 9.59 Å². The number of rotatable bonds is 5. The monoisotopic (exact) mass is 265 g/mol. The van der Waals surface area contributed by atoms with E-state index in [-0.39, 0.29) is 18.5 Å². The Kier molecular flexibility index (Phi) is 5.86. The Morgan fingerprint density at radius 3 is 2.63 bits per heavy atom. The first kappa shape index (κ1) is 15.0. The Morgan fingerprint density at radius 2 is 2.11 bits per heavy atom. The molecular weight excluding hydrogens is 246 g/mol. The Hall–Kier alpha value is -2.03. The summed E-state index contributed by atoms with van der Waals surface area (Å²) in [6, 6.07) is 1.86. The Balaban J connectivity index is 2.49. The molecule has 1 aliphatic heterocycles. The standard InChI is InChI=1S/C13H19N3O3/c1-10-3-6-16(7-4-10)9-11(8-14)13(19)15-5-2-12(17)18/h9-10H,2-7H2,1H3,(H,15,19)(H,17,18)/b11-9-. The van der Waals surface area contributed by atoms with E-state index < -0.39 is 11.9 Å². The summed E-state index contributed by atoms with van der Waals surface area (Å²) in [5, 5.41) is 19.9. The first-order valence-corrected chi connectivity index (χ1v) is 6.39. The second-order valence-corrected chi connectivity index (χ2v) is 4.77. The molecule has 1 fully saturated rings. The fourth-order valence-corrected chi connectivity index (χ4v) is 1.86. The molecular formula is C13H19N3O3. The molecule has 1 heterocycles. The average molecular weight is 265 g/mol. The lowest BCUT2D eigenvalue weighted by molar-refractivity contribution is -0.136. The van der Waals surface area contributed by atoms with Crippen LogP contribution in [0.1, 0.15) is 26.2 Å². The number of carboxylic acid groups (broad SMARTS) is 1. The molecule has 0 radical (unpaired) electrons. The van der Waals surface area contributed by atoms with Gasteiger partial charge in [0, 0.05) is 25.8 Å². The highest BCUT2D eigenvalue weighted by molar-refractivity contribution is 5.97. The Bertz CT molecular complexity index is 404. The first-order chi connectivity index (χ1) is 9.02. The summed E-state index contributed by atoms with van der Waals surface area (Å²) in [4.78, 5) is 24.0. The van der Waals surface area contributed by atoms with Crippen molar-refractivity contribution in [2.24, 2.45) is 5.92 Å². The van der Waals surface area contributed by atoms with Gasteiger partial charge in [0.05, 0.1) is 6.42 Å². The highest BCUT2D eigenvalue weighted by atomic mass is 16.4. The molecule has 0 aliphatic carbocycles. The van der Waals surface area contributed by atoms with Crippen molar-refractivity contribution in [1.29, 1.82) is 5.26 Å². The molecule has 0 aromatic rings. The van der Waals surface area contributed by atoms with Crippen molar-refractivity contribution in [3.63, 3.8) is 0 Å². The molecule has 0 saturated carbocycles. The molecule has 2 N–H and O–H groups in total. The van der Waals surface area contributed by atoms with E-state index in [1.807, 2.05) is 11.0 Å². The number of amides is 1. The van der Waals surface area contributed by atoms with Gasteiger partial charge < -0.3 is 15.3 Å². The number of carbonyl (C=O) groups excluding carboxylic acids is 1. The quantitative estimate of drug-likeness (QED) is 0.564. The summed E-state index contributed by atoms with van der Waals surface area (Å²) in [5.74, 6) is -0.810. The van der Waals surface area contributed by atoms with Crippen molar-refractivity contribution >= 4 is 11.9 Å². The van der Waals surface area contributed by atoms with Crippen LogP contribution in [-0.4, -0.2) is 41.5 Å². The van der Waals surface area contributed by atoms with Gasteiger partial charge >= 0.3 is 5.97 Å². The van der Waals surface area contributed by atoms with Crippen molar-refractivity contribution in [2.75, 3.05) is 19.6 Å². The number of carboxylic acids is 1. The molecule has 0 atom stereocenters. The second-order valence-electron chi connectivity index (χ2n) is 4.77. The van der Waals surface area contributed by atoms with Crippen molar-refractivity contribution in [3.05, 3.63) is 11.8 Å². The number of nitriles is 1. The normalized spacial score (nSPS) is 16.8. The van der Waals surface area contributed by atoms with Crippen LogP contribution in [0.25, 0.3) is 0 Å². The molecule has 6 heteroatoms. The van der Waals surface area contributed by atoms with Gasteiger partial charge in [-0.05, 0) is 18.8 Å². The van der Waals surface area contributed by atoms with Gasteiger partial charge in [0.15, 0.2) is 0 Å². The predicted octanol–water partition coefficient (Wildman–Crippen LogP) is 0.717. The molecule has 0 aromatic carbocycles. The second kappa shape index (κ2) is 7.41. The molecule has 0 bridgehead atoms. The van der Waals surface area contributed by atoms with Crippen LogP contribution in [0.2, 0.25) is 0 Å². The lowest BCUT2D eigenvalue weighted by Crippen LogP contribution is -2.31. The third kappa shape index (κ3) is 5.42. The van der Waals surface area contributed by atoms with Crippen LogP contribution in [0.4, 0.5) is 0 Å². The zero-order valence-electron chi connectivity index (χ0n) is 11.1.